The minimum absolute atomic E-state index is 0.906. The van der Waals surface area contributed by atoms with Gasteiger partial charge in [-0.05, 0) is 25.5 Å². The summed E-state index contributed by atoms with van der Waals surface area (Å²) >= 11 is 0. The number of hydrogen-bond acceptors (Lipinski definition) is 1. The molecule has 0 saturated heterocycles. The third-order valence-electron chi connectivity index (χ3n) is 2.06. The van der Waals surface area contributed by atoms with E-state index in [1.54, 1.807) is 12.3 Å². The van der Waals surface area contributed by atoms with E-state index in [0.29, 0.717) is 0 Å². The molecular weight excluding hydrogens is 182 g/mol. The monoisotopic (exact) mass is 199 g/mol. The van der Waals surface area contributed by atoms with Gasteiger partial charge in [0.25, 0.3) is 0 Å². The Morgan fingerprint density at radius 3 is 2.93 bits per heavy atom. The van der Waals surface area contributed by atoms with Gasteiger partial charge in [0, 0.05) is 18.3 Å². The molecule has 0 aromatic heterocycles. The van der Waals surface area contributed by atoms with Crippen molar-refractivity contribution in [3.63, 3.8) is 0 Å². The fourth-order valence-electron chi connectivity index (χ4n) is 1.39. The van der Waals surface area contributed by atoms with E-state index in [1.165, 1.54) is 11.1 Å². The van der Waals surface area contributed by atoms with Gasteiger partial charge in [-0.15, -0.1) is 0 Å². The van der Waals surface area contributed by atoms with Gasteiger partial charge in [0.2, 0.25) is 0 Å². The predicted octanol–water partition coefficient (Wildman–Crippen LogP) is 3.70. The summed E-state index contributed by atoms with van der Waals surface area (Å²) in [6.45, 7) is 7.74. The number of hydrogen-bond donors (Lipinski definition) is 0. The SMILES string of the molecule is C=C/C=C\N=C(C)Cc1cccc(C)c1. The lowest BCUT2D eigenvalue weighted by molar-refractivity contribution is 1.27. The van der Waals surface area contributed by atoms with Crippen LogP contribution in [0.5, 0.6) is 0 Å². The van der Waals surface area contributed by atoms with E-state index < -0.39 is 0 Å². The third-order valence-corrected chi connectivity index (χ3v) is 2.06. The molecule has 0 saturated carbocycles. The molecule has 1 rings (SSSR count). The van der Waals surface area contributed by atoms with Gasteiger partial charge in [-0.1, -0.05) is 42.5 Å². The van der Waals surface area contributed by atoms with E-state index in [1.807, 2.05) is 13.0 Å². The molecule has 0 aliphatic rings. The van der Waals surface area contributed by atoms with Crippen LogP contribution in [0.1, 0.15) is 18.1 Å². The van der Waals surface area contributed by atoms with Crippen LogP contribution in [0.4, 0.5) is 0 Å². The van der Waals surface area contributed by atoms with Crippen LogP contribution in [0, 0.1) is 6.92 Å². The topological polar surface area (TPSA) is 12.4 Å². The van der Waals surface area contributed by atoms with Gasteiger partial charge < -0.3 is 0 Å². The Kier molecular flexibility index (Phi) is 4.55. The zero-order valence-corrected chi connectivity index (χ0v) is 9.40. The van der Waals surface area contributed by atoms with Gasteiger partial charge in [0.15, 0.2) is 0 Å². The Bertz CT molecular complexity index is 386. The van der Waals surface area contributed by atoms with Crippen molar-refractivity contribution in [3.05, 3.63) is 60.3 Å². The van der Waals surface area contributed by atoms with Gasteiger partial charge >= 0.3 is 0 Å². The zero-order chi connectivity index (χ0) is 11.1. The lowest BCUT2D eigenvalue weighted by Crippen LogP contribution is -1.96. The molecule has 0 fully saturated rings. The summed E-state index contributed by atoms with van der Waals surface area (Å²) in [6.07, 6.45) is 6.24. The van der Waals surface area contributed by atoms with Crippen LogP contribution in [0.25, 0.3) is 0 Å². The number of allylic oxidation sites excluding steroid dienone is 2. The van der Waals surface area contributed by atoms with E-state index in [9.17, 15) is 0 Å². The van der Waals surface area contributed by atoms with Crippen LogP contribution in [-0.4, -0.2) is 5.71 Å². The largest absolute Gasteiger partial charge is 0.266 e. The van der Waals surface area contributed by atoms with Gasteiger partial charge in [0.05, 0.1) is 0 Å². The van der Waals surface area contributed by atoms with E-state index in [2.05, 4.69) is 42.8 Å². The molecule has 0 amide bonds. The Labute approximate surface area is 91.9 Å². The highest BCUT2D eigenvalue weighted by Gasteiger charge is 1.95. The quantitative estimate of drug-likeness (QED) is 0.518. The highest BCUT2D eigenvalue weighted by molar-refractivity contribution is 5.84. The van der Waals surface area contributed by atoms with E-state index in [4.69, 9.17) is 0 Å². The molecule has 0 aliphatic heterocycles. The molecule has 0 unspecified atom stereocenters. The fraction of sp³-hybridized carbons (Fsp3) is 0.214. The molecule has 1 heteroatoms. The summed E-state index contributed by atoms with van der Waals surface area (Å²) in [5, 5.41) is 0. The highest BCUT2D eigenvalue weighted by atomic mass is 14.7. The molecule has 1 aromatic carbocycles. The number of nitrogens with zero attached hydrogens (tertiary/aromatic N) is 1. The Morgan fingerprint density at radius 2 is 2.27 bits per heavy atom. The second kappa shape index (κ2) is 5.97. The van der Waals surface area contributed by atoms with Crippen LogP contribution in [0.15, 0.2) is 54.2 Å². The van der Waals surface area contributed by atoms with Crippen LogP contribution in [-0.2, 0) is 6.42 Å². The average molecular weight is 199 g/mol. The van der Waals surface area contributed by atoms with Crippen molar-refractivity contribution < 1.29 is 0 Å². The van der Waals surface area contributed by atoms with Crippen molar-refractivity contribution in [2.75, 3.05) is 0 Å². The Hall–Kier alpha value is -1.63. The first-order valence-corrected chi connectivity index (χ1v) is 5.09. The summed E-state index contributed by atoms with van der Waals surface area (Å²) in [6, 6.07) is 8.50. The molecule has 15 heavy (non-hydrogen) atoms. The molecule has 0 atom stereocenters. The number of rotatable bonds is 4. The summed E-state index contributed by atoms with van der Waals surface area (Å²) in [4.78, 5) is 4.30. The number of aryl methyl sites for hydroxylation is 1. The van der Waals surface area contributed by atoms with Crippen molar-refractivity contribution in [3.8, 4) is 0 Å². The molecule has 0 bridgehead atoms. The predicted molar refractivity (Wildman–Crippen MR) is 67.3 cm³/mol. The summed E-state index contributed by atoms with van der Waals surface area (Å²) in [5.74, 6) is 0. The average Bonchev–Trinajstić information content (AvgIpc) is 2.18. The van der Waals surface area contributed by atoms with Crippen molar-refractivity contribution in [2.45, 2.75) is 20.3 Å². The maximum Gasteiger partial charge on any atom is 0.0266 e. The Morgan fingerprint density at radius 1 is 1.47 bits per heavy atom. The molecule has 0 radical (unpaired) electrons. The third kappa shape index (κ3) is 4.41. The summed E-state index contributed by atoms with van der Waals surface area (Å²) in [5.41, 5.74) is 3.71. The van der Waals surface area contributed by atoms with Gasteiger partial charge in [0.1, 0.15) is 0 Å². The first-order chi connectivity index (χ1) is 7.22. The van der Waals surface area contributed by atoms with E-state index in [-0.39, 0.29) is 0 Å². The van der Waals surface area contributed by atoms with E-state index in [0.717, 1.165) is 12.1 Å². The minimum Gasteiger partial charge on any atom is -0.266 e. The summed E-state index contributed by atoms with van der Waals surface area (Å²) in [7, 11) is 0. The molecule has 1 aromatic rings. The standard InChI is InChI=1S/C14H17N/c1-4-5-9-15-13(3)11-14-8-6-7-12(2)10-14/h4-10H,1,11H2,2-3H3/b9-5-,15-13?. The van der Waals surface area contributed by atoms with Crippen LogP contribution in [0.2, 0.25) is 0 Å². The molecule has 1 nitrogen and oxygen atoms in total. The second-order valence-electron chi connectivity index (χ2n) is 3.61. The number of benzene rings is 1. The van der Waals surface area contributed by atoms with Crippen LogP contribution in [0.3, 0.4) is 0 Å². The first kappa shape index (κ1) is 11.4. The maximum atomic E-state index is 4.30. The normalized spacial score (nSPS) is 12.0. The molecule has 0 N–H and O–H groups in total. The van der Waals surface area contributed by atoms with Gasteiger partial charge in [-0.2, -0.15) is 0 Å². The van der Waals surface area contributed by atoms with E-state index >= 15 is 0 Å². The summed E-state index contributed by atoms with van der Waals surface area (Å²) < 4.78 is 0. The van der Waals surface area contributed by atoms with Crippen molar-refractivity contribution in [2.24, 2.45) is 4.99 Å². The molecule has 0 spiro atoms. The minimum atomic E-state index is 0.906. The van der Waals surface area contributed by atoms with Crippen molar-refractivity contribution >= 4 is 5.71 Å². The smallest absolute Gasteiger partial charge is 0.0266 e. The van der Waals surface area contributed by atoms with Crippen molar-refractivity contribution in [1.29, 1.82) is 0 Å². The number of aliphatic imine (C=N–C) groups is 1. The van der Waals surface area contributed by atoms with Gasteiger partial charge in [-0.3, -0.25) is 4.99 Å². The molecule has 78 valence electrons. The first-order valence-electron chi connectivity index (χ1n) is 5.09. The molecule has 0 aliphatic carbocycles. The molecular formula is C14H17N. The Balaban J connectivity index is 2.65. The molecule has 0 heterocycles. The van der Waals surface area contributed by atoms with Crippen molar-refractivity contribution in [1.82, 2.24) is 0 Å². The lowest BCUT2D eigenvalue weighted by atomic mass is 10.1. The maximum absolute atomic E-state index is 4.30. The zero-order valence-electron chi connectivity index (χ0n) is 9.40. The highest BCUT2D eigenvalue weighted by Crippen LogP contribution is 2.05. The second-order valence-corrected chi connectivity index (χ2v) is 3.61. The lowest BCUT2D eigenvalue weighted by Gasteiger charge is -2.01. The van der Waals surface area contributed by atoms with Gasteiger partial charge in [-0.25, -0.2) is 0 Å². The fourth-order valence-corrected chi connectivity index (χ4v) is 1.39. The van der Waals surface area contributed by atoms with Crippen LogP contribution < -0.4 is 0 Å². The van der Waals surface area contributed by atoms with Crippen LogP contribution >= 0.6 is 0 Å².